The topological polar surface area (TPSA) is 46.2 Å². The first-order chi connectivity index (χ1) is 10.8. The molecule has 0 aliphatic carbocycles. The lowest BCUT2D eigenvalue weighted by Gasteiger charge is -2.21. The number of anilines is 1. The summed E-state index contributed by atoms with van der Waals surface area (Å²) in [7, 11) is 0. The molecule has 1 atom stereocenters. The number of rotatable bonds is 6. The number of pyridine rings is 1. The highest BCUT2D eigenvalue weighted by Gasteiger charge is 2.12. The van der Waals surface area contributed by atoms with Crippen LogP contribution in [0.3, 0.4) is 0 Å². The molecule has 2 N–H and O–H groups in total. The van der Waals surface area contributed by atoms with Crippen LogP contribution in [-0.2, 0) is 13.0 Å². The average molecular weight is 297 g/mol. The predicted molar refractivity (Wildman–Crippen MR) is 89.3 cm³/mol. The Morgan fingerprint density at radius 1 is 1.32 bits per heavy atom. The SMILES string of the molecule is CCC(Cc1ccc2c(c1)NCCO2)NCc1ccccn1. The summed E-state index contributed by atoms with van der Waals surface area (Å²) in [5.74, 6) is 0.962. The number of fused-ring (bicyclic) bond motifs is 1. The molecule has 22 heavy (non-hydrogen) atoms. The summed E-state index contributed by atoms with van der Waals surface area (Å²) in [5.41, 5.74) is 3.53. The first kappa shape index (κ1) is 14.9. The van der Waals surface area contributed by atoms with Crippen molar-refractivity contribution in [2.45, 2.75) is 32.4 Å². The zero-order valence-electron chi connectivity index (χ0n) is 13.0. The van der Waals surface area contributed by atoms with Crippen LogP contribution in [-0.4, -0.2) is 24.2 Å². The summed E-state index contributed by atoms with van der Waals surface area (Å²) in [5, 5.41) is 7.00. The van der Waals surface area contributed by atoms with Crippen LogP contribution in [0.1, 0.15) is 24.6 Å². The maximum Gasteiger partial charge on any atom is 0.142 e. The molecular weight excluding hydrogens is 274 g/mol. The van der Waals surface area contributed by atoms with Gasteiger partial charge in [0.15, 0.2) is 0 Å². The number of hydrogen-bond acceptors (Lipinski definition) is 4. The molecule has 2 heterocycles. The van der Waals surface area contributed by atoms with Gasteiger partial charge in [-0.15, -0.1) is 0 Å². The molecular formula is C18H23N3O. The van der Waals surface area contributed by atoms with Crippen LogP contribution in [0, 0.1) is 0 Å². The second-order valence-corrected chi connectivity index (χ2v) is 5.62. The van der Waals surface area contributed by atoms with E-state index in [1.165, 1.54) is 5.56 Å². The molecule has 1 aromatic heterocycles. The summed E-state index contributed by atoms with van der Waals surface area (Å²) < 4.78 is 5.63. The van der Waals surface area contributed by atoms with Crippen LogP contribution in [0.4, 0.5) is 5.69 Å². The number of ether oxygens (including phenoxy) is 1. The first-order valence-corrected chi connectivity index (χ1v) is 7.98. The molecule has 1 aliphatic heterocycles. The van der Waals surface area contributed by atoms with E-state index in [1.54, 1.807) is 0 Å². The van der Waals surface area contributed by atoms with Gasteiger partial charge in [-0.25, -0.2) is 0 Å². The Bertz CT molecular complexity index is 601. The molecule has 3 rings (SSSR count). The maximum atomic E-state index is 5.63. The Kier molecular flexibility index (Phi) is 4.91. The normalized spacial score (nSPS) is 14.6. The minimum Gasteiger partial charge on any atom is -0.490 e. The van der Waals surface area contributed by atoms with Crippen molar-refractivity contribution in [3.05, 3.63) is 53.9 Å². The van der Waals surface area contributed by atoms with E-state index in [0.29, 0.717) is 6.04 Å². The zero-order valence-corrected chi connectivity index (χ0v) is 13.0. The van der Waals surface area contributed by atoms with Gasteiger partial charge in [0.2, 0.25) is 0 Å². The summed E-state index contributed by atoms with van der Waals surface area (Å²) in [4.78, 5) is 4.36. The highest BCUT2D eigenvalue weighted by molar-refractivity contribution is 5.59. The van der Waals surface area contributed by atoms with Crippen molar-refractivity contribution >= 4 is 5.69 Å². The molecule has 1 unspecified atom stereocenters. The molecule has 0 bridgehead atoms. The van der Waals surface area contributed by atoms with Crippen molar-refractivity contribution in [1.82, 2.24) is 10.3 Å². The maximum absolute atomic E-state index is 5.63. The molecule has 2 aromatic rings. The quantitative estimate of drug-likeness (QED) is 0.860. The summed E-state index contributed by atoms with van der Waals surface area (Å²) in [6, 6.07) is 12.9. The third kappa shape index (κ3) is 3.77. The minimum absolute atomic E-state index is 0.449. The van der Waals surface area contributed by atoms with E-state index < -0.39 is 0 Å². The van der Waals surface area contributed by atoms with Gasteiger partial charge < -0.3 is 15.4 Å². The van der Waals surface area contributed by atoms with E-state index in [-0.39, 0.29) is 0 Å². The molecule has 0 radical (unpaired) electrons. The zero-order chi connectivity index (χ0) is 15.2. The molecule has 0 saturated carbocycles. The average Bonchev–Trinajstić information content (AvgIpc) is 2.59. The molecule has 1 aliphatic rings. The Morgan fingerprint density at radius 3 is 3.09 bits per heavy atom. The number of nitrogens with zero attached hydrogens (tertiary/aromatic N) is 1. The third-order valence-electron chi connectivity index (χ3n) is 3.99. The fourth-order valence-electron chi connectivity index (χ4n) is 2.71. The highest BCUT2D eigenvalue weighted by Crippen LogP contribution is 2.28. The molecule has 116 valence electrons. The van der Waals surface area contributed by atoms with Gasteiger partial charge in [-0.05, 0) is 42.7 Å². The van der Waals surface area contributed by atoms with Crippen molar-refractivity contribution < 1.29 is 4.74 Å². The fraction of sp³-hybridized carbons (Fsp3) is 0.389. The van der Waals surface area contributed by atoms with Gasteiger partial charge in [0.1, 0.15) is 12.4 Å². The van der Waals surface area contributed by atoms with Crippen molar-refractivity contribution in [3.63, 3.8) is 0 Å². The summed E-state index contributed by atoms with van der Waals surface area (Å²) in [6.07, 6.45) is 3.94. The predicted octanol–water partition coefficient (Wildman–Crippen LogP) is 3.00. The van der Waals surface area contributed by atoms with Crippen molar-refractivity contribution in [2.75, 3.05) is 18.5 Å². The van der Waals surface area contributed by atoms with E-state index in [0.717, 1.165) is 49.7 Å². The third-order valence-corrected chi connectivity index (χ3v) is 3.99. The lowest BCUT2D eigenvalue weighted by atomic mass is 10.0. The van der Waals surface area contributed by atoms with E-state index in [1.807, 2.05) is 18.3 Å². The van der Waals surface area contributed by atoms with Gasteiger partial charge >= 0.3 is 0 Å². The van der Waals surface area contributed by atoms with Gasteiger partial charge in [-0.2, -0.15) is 0 Å². The lowest BCUT2D eigenvalue weighted by molar-refractivity contribution is 0.323. The first-order valence-electron chi connectivity index (χ1n) is 7.98. The summed E-state index contributed by atoms with van der Waals surface area (Å²) in [6.45, 7) is 4.66. The Labute approximate surface area is 131 Å². The monoisotopic (exact) mass is 297 g/mol. The van der Waals surface area contributed by atoms with Gasteiger partial charge in [0, 0.05) is 25.3 Å². The number of nitrogens with one attached hydrogen (secondary N) is 2. The van der Waals surface area contributed by atoms with Crippen LogP contribution < -0.4 is 15.4 Å². The highest BCUT2D eigenvalue weighted by atomic mass is 16.5. The van der Waals surface area contributed by atoms with Gasteiger partial charge in [0.25, 0.3) is 0 Å². The van der Waals surface area contributed by atoms with Crippen LogP contribution in [0.2, 0.25) is 0 Å². The van der Waals surface area contributed by atoms with Crippen LogP contribution >= 0.6 is 0 Å². The van der Waals surface area contributed by atoms with Crippen molar-refractivity contribution in [3.8, 4) is 5.75 Å². The molecule has 4 heteroatoms. The fourth-order valence-corrected chi connectivity index (χ4v) is 2.71. The molecule has 0 amide bonds. The van der Waals surface area contributed by atoms with Crippen molar-refractivity contribution in [2.24, 2.45) is 0 Å². The van der Waals surface area contributed by atoms with Crippen LogP contribution in [0.15, 0.2) is 42.6 Å². The van der Waals surface area contributed by atoms with Crippen LogP contribution in [0.25, 0.3) is 0 Å². The second-order valence-electron chi connectivity index (χ2n) is 5.62. The number of hydrogen-bond donors (Lipinski definition) is 2. The smallest absolute Gasteiger partial charge is 0.142 e. The molecule has 1 aromatic carbocycles. The largest absolute Gasteiger partial charge is 0.490 e. The molecule has 4 nitrogen and oxygen atoms in total. The van der Waals surface area contributed by atoms with Crippen LogP contribution in [0.5, 0.6) is 5.75 Å². The molecule has 0 fully saturated rings. The molecule has 0 spiro atoms. The lowest BCUT2D eigenvalue weighted by Crippen LogP contribution is -2.30. The van der Waals surface area contributed by atoms with Crippen molar-refractivity contribution in [1.29, 1.82) is 0 Å². The van der Waals surface area contributed by atoms with Gasteiger partial charge in [-0.1, -0.05) is 19.1 Å². The Hall–Kier alpha value is -2.07. The van der Waals surface area contributed by atoms with Gasteiger partial charge in [-0.3, -0.25) is 4.98 Å². The minimum atomic E-state index is 0.449. The Morgan fingerprint density at radius 2 is 2.27 bits per heavy atom. The molecule has 0 saturated heterocycles. The second kappa shape index (κ2) is 7.27. The number of aromatic nitrogens is 1. The van der Waals surface area contributed by atoms with E-state index >= 15 is 0 Å². The van der Waals surface area contributed by atoms with E-state index in [9.17, 15) is 0 Å². The standard InChI is InChI=1S/C18H23N3O/c1-2-15(21-13-16-5-3-4-8-19-16)11-14-6-7-18-17(12-14)20-9-10-22-18/h3-8,12,15,20-21H,2,9-11,13H2,1H3. The summed E-state index contributed by atoms with van der Waals surface area (Å²) >= 11 is 0. The van der Waals surface area contributed by atoms with E-state index in [4.69, 9.17) is 4.74 Å². The number of benzene rings is 1. The van der Waals surface area contributed by atoms with E-state index in [2.05, 4.69) is 46.8 Å². The van der Waals surface area contributed by atoms with Gasteiger partial charge in [0.05, 0.1) is 11.4 Å². The Balaban J connectivity index is 1.60.